The highest BCUT2D eigenvalue weighted by Crippen LogP contribution is 2.25. The Morgan fingerprint density at radius 3 is 2.63 bits per heavy atom. The first-order chi connectivity index (χ1) is 13.1. The zero-order chi connectivity index (χ0) is 19.2. The summed E-state index contributed by atoms with van der Waals surface area (Å²) in [7, 11) is 1.63. The lowest BCUT2D eigenvalue weighted by Gasteiger charge is -2.22. The second kappa shape index (κ2) is 9.10. The summed E-state index contributed by atoms with van der Waals surface area (Å²) >= 11 is 3.23. The van der Waals surface area contributed by atoms with Gasteiger partial charge in [-0.2, -0.15) is 0 Å². The van der Waals surface area contributed by atoms with Crippen LogP contribution >= 0.6 is 23.1 Å². The number of benzene rings is 1. The van der Waals surface area contributed by atoms with Crippen molar-refractivity contribution in [3.63, 3.8) is 0 Å². The van der Waals surface area contributed by atoms with Crippen LogP contribution in [0, 0.1) is 13.8 Å². The third-order valence-corrected chi connectivity index (χ3v) is 6.04. The minimum atomic E-state index is 0.0744. The molecule has 0 N–H and O–H groups in total. The molecular weight excluding hydrogens is 380 g/mol. The predicted octanol–water partition coefficient (Wildman–Crippen LogP) is 4.83. The maximum absolute atomic E-state index is 13.0. The molecule has 2 aromatic heterocycles. The van der Waals surface area contributed by atoms with E-state index < -0.39 is 0 Å². The van der Waals surface area contributed by atoms with Crippen molar-refractivity contribution in [1.29, 1.82) is 0 Å². The van der Waals surface area contributed by atoms with Crippen LogP contribution in [0.4, 0.5) is 5.69 Å². The fraction of sp³-hybridized carbons (Fsp3) is 0.300. The van der Waals surface area contributed by atoms with Gasteiger partial charge >= 0.3 is 0 Å². The number of methoxy groups -OCH3 is 1. The highest BCUT2D eigenvalue weighted by molar-refractivity contribution is 7.99. The normalized spacial score (nSPS) is 10.8. The number of anilines is 1. The highest BCUT2D eigenvalue weighted by Gasteiger charge is 2.18. The van der Waals surface area contributed by atoms with Crippen molar-refractivity contribution in [3.05, 3.63) is 63.7 Å². The number of ether oxygens (including phenoxy) is 1. The molecule has 1 amide bonds. The fourth-order valence-corrected chi connectivity index (χ4v) is 4.41. The molecule has 0 atom stereocenters. The maximum Gasteiger partial charge on any atom is 0.237 e. The average Bonchev–Trinajstić information content (AvgIpc) is 3.31. The molecule has 0 aliphatic carbocycles. The molecule has 0 bridgehead atoms. The third-order valence-electron chi connectivity index (χ3n) is 4.23. The molecule has 2 heterocycles. The Labute approximate surface area is 167 Å². The molecule has 0 aliphatic rings. The molecule has 0 unspecified atom stereocenters. The number of aryl methyl sites for hydroxylation is 2. The smallest absolute Gasteiger partial charge is 0.237 e. The van der Waals surface area contributed by atoms with Gasteiger partial charge in [-0.15, -0.1) is 23.1 Å². The van der Waals surface area contributed by atoms with E-state index in [1.807, 2.05) is 60.5 Å². The lowest BCUT2D eigenvalue weighted by atomic mass is 10.2. The summed E-state index contributed by atoms with van der Waals surface area (Å²) in [6.45, 7) is 4.39. The Morgan fingerprint density at radius 1 is 1.26 bits per heavy atom. The van der Waals surface area contributed by atoms with Crippen LogP contribution in [0.5, 0.6) is 5.75 Å². The minimum Gasteiger partial charge on any atom is -0.497 e. The molecule has 3 rings (SSSR count). The molecule has 5 nitrogen and oxygen atoms in total. The van der Waals surface area contributed by atoms with Crippen LogP contribution in [0.1, 0.15) is 21.9 Å². The van der Waals surface area contributed by atoms with Crippen molar-refractivity contribution in [2.75, 3.05) is 17.8 Å². The first kappa shape index (κ1) is 19.5. The van der Waals surface area contributed by atoms with Gasteiger partial charge in [0.15, 0.2) is 0 Å². The van der Waals surface area contributed by atoms with E-state index in [-0.39, 0.29) is 5.91 Å². The van der Waals surface area contributed by atoms with Gasteiger partial charge in [-0.1, -0.05) is 11.2 Å². The highest BCUT2D eigenvalue weighted by atomic mass is 32.2. The zero-order valence-corrected chi connectivity index (χ0v) is 17.2. The van der Waals surface area contributed by atoms with Crippen molar-refractivity contribution in [3.8, 4) is 5.75 Å². The van der Waals surface area contributed by atoms with E-state index in [1.165, 1.54) is 0 Å². The number of rotatable bonds is 8. The Morgan fingerprint density at radius 2 is 2.04 bits per heavy atom. The van der Waals surface area contributed by atoms with Gasteiger partial charge in [0, 0.05) is 21.9 Å². The molecule has 7 heteroatoms. The lowest BCUT2D eigenvalue weighted by Crippen LogP contribution is -2.31. The van der Waals surface area contributed by atoms with Crippen LogP contribution in [-0.2, 0) is 17.1 Å². The van der Waals surface area contributed by atoms with Crippen molar-refractivity contribution in [2.24, 2.45) is 0 Å². The molecule has 0 aliphatic heterocycles. The van der Waals surface area contributed by atoms with Crippen LogP contribution in [0.15, 0.2) is 46.3 Å². The summed E-state index contributed by atoms with van der Waals surface area (Å²) in [4.78, 5) is 15.9. The first-order valence-electron chi connectivity index (χ1n) is 8.54. The predicted molar refractivity (Wildman–Crippen MR) is 111 cm³/mol. The first-order valence-corrected chi connectivity index (χ1v) is 10.6. The fourth-order valence-electron chi connectivity index (χ4n) is 2.67. The number of amides is 1. The maximum atomic E-state index is 13.0. The minimum absolute atomic E-state index is 0.0744. The molecule has 142 valence electrons. The molecule has 0 fully saturated rings. The number of thiophene rings is 1. The van der Waals surface area contributed by atoms with Crippen LogP contribution < -0.4 is 9.64 Å². The molecular formula is C20H22N2O3S2. The second-order valence-corrected chi connectivity index (χ2v) is 8.07. The number of hydrogen-bond donors (Lipinski definition) is 0. The SMILES string of the molecule is COc1ccc(N(Cc2cccs2)C(=O)CSCc2c(C)noc2C)cc1. The van der Waals surface area contributed by atoms with Gasteiger partial charge in [0.25, 0.3) is 0 Å². The van der Waals surface area contributed by atoms with Gasteiger partial charge in [0.2, 0.25) is 5.91 Å². The van der Waals surface area contributed by atoms with Gasteiger partial charge in [-0.05, 0) is 49.6 Å². The standard InChI is InChI=1S/C20H22N2O3S2/c1-14-19(15(2)25-21-14)12-26-13-20(23)22(11-18-5-4-10-27-18)16-6-8-17(24-3)9-7-16/h4-10H,11-13H2,1-3H3. The molecule has 27 heavy (non-hydrogen) atoms. The number of carbonyl (C=O) groups excluding carboxylic acids is 1. The summed E-state index contributed by atoms with van der Waals surface area (Å²) in [5.41, 5.74) is 2.83. The van der Waals surface area contributed by atoms with Gasteiger partial charge < -0.3 is 14.2 Å². The van der Waals surface area contributed by atoms with Crippen LogP contribution in [0.2, 0.25) is 0 Å². The number of carbonyl (C=O) groups is 1. The van der Waals surface area contributed by atoms with Gasteiger partial charge in [-0.3, -0.25) is 4.79 Å². The third kappa shape index (κ3) is 4.93. The monoisotopic (exact) mass is 402 g/mol. The summed E-state index contributed by atoms with van der Waals surface area (Å²) < 4.78 is 10.4. The molecule has 0 saturated carbocycles. The van der Waals surface area contributed by atoms with E-state index >= 15 is 0 Å². The molecule has 0 saturated heterocycles. The van der Waals surface area contributed by atoms with Crippen molar-refractivity contribution in [2.45, 2.75) is 26.1 Å². The zero-order valence-electron chi connectivity index (χ0n) is 15.6. The number of hydrogen-bond acceptors (Lipinski definition) is 6. The van der Waals surface area contributed by atoms with Crippen LogP contribution in [0.3, 0.4) is 0 Å². The second-order valence-electron chi connectivity index (χ2n) is 6.05. The van der Waals surface area contributed by atoms with Crippen LogP contribution in [0.25, 0.3) is 0 Å². The number of thioether (sulfide) groups is 1. The Bertz CT molecular complexity index is 854. The van der Waals surface area contributed by atoms with E-state index in [4.69, 9.17) is 9.26 Å². The quantitative estimate of drug-likeness (QED) is 0.540. The van der Waals surface area contributed by atoms with Crippen molar-refractivity contribution >= 4 is 34.7 Å². The Balaban J connectivity index is 1.69. The topological polar surface area (TPSA) is 55.6 Å². The Kier molecular flexibility index (Phi) is 6.58. The average molecular weight is 403 g/mol. The van der Waals surface area contributed by atoms with E-state index in [0.29, 0.717) is 18.1 Å². The van der Waals surface area contributed by atoms with Crippen molar-refractivity contribution < 1.29 is 14.1 Å². The Hall–Kier alpha value is -2.25. The van der Waals surface area contributed by atoms with E-state index in [0.717, 1.165) is 33.3 Å². The van der Waals surface area contributed by atoms with Crippen molar-refractivity contribution in [1.82, 2.24) is 5.16 Å². The summed E-state index contributed by atoms with van der Waals surface area (Å²) in [6.07, 6.45) is 0. The van der Waals surface area contributed by atoms with Gasteiger partial charge in [0.05, 0.1) is 25.1 Å². The molecule has 3 aromatic rings. The van der Waals surface area contributed by atoms with E-state index in [2.05, 4.69) is 5.16 Å². The number of aromatic nitrogens is 1. The molecule has 1 aromatic carbocycles. The largest absolute Gasteiger partial charge is 0.497 e. The number of nitrogens with zero attached hydrogens (tertiary/aromatic N) is 2. The summed E-state index contributed by atoms with van der Waals surface area (Å²) in [5, 5.41) is 5.99. The lowest BCUT2D eigenvalue weighted by molar-refractivity contribution is -0.116. The van der Waals surface area contributed by atoms with Gasteiger partial charge in [0.1, 0.15) is 11.5 Å². The van der Waals surface area contributed by atoms with Gasteiger partial charge in [-0.25, -0.2) is 0 Å². The molecule has 0 radical (unpaired) electrons. The summed E-state index contributed by atoms with van der Waals surface area (Å²) in [6, 6.07) is 11.6. The molecule has 0 spiro atoms. The van der Waals surface area contributed by atoms with Crippen LogP contribution in [-0.4, -0.2) is 23.9 Å². The summed E-state index contributed by atoms with van der Waals surface area (Å²) in [5.74, 6) is 2.77. The van der Waals surface area contributed by atoms with E-state index in [9.17, 15) is 4.79 Å². The van der Waals surface area contributed by atoms with E-state index in [1.54, 1.807) is 30.2 Å².